The van der Waals surface area contributed by atoms with Gasteiger partial charge in [0.05, 0.1) is 17.4 Å². The molecule has 0 aliphatic heterocycles. The quantitative estimate of drug-likeness (QED) is 0.328. The average molecular weight is 487 g/mol. The van der Waals surface area contributed by atoms with Crippen molar-refractivity contribution in [1.29, 1.82) is 5.41 Å². The summed E-state index contributed by atoms with van der Waals surface area (Å²) in [6, 6.07) is 9.85. The van der Waals surface area contributed by atoms with Crippen molar-refractivity contribution in [2.75, 3.05) is 5.32 Å². The number of allylic oxidation sites excluding steroid dienone is 4. The first kappa shape index (κ1) is 23.9. The van der Waals surface area contributed by atoms with Gasteiger partial charge in [-0.15, -0.1) is 0 Å². The monoisotopic (exact) mass is 486 g/mol. The number of alkyl halides is 2. The third kappa shape index (κ3) is 4.91. The Morgan fingerprint density at radius 2 is 2.08 bits per heavy atom. The lowest BCUT2D eigenvalue weighted by Crippen LogP contribution is -2.22. The molecule has 5 rings (SSSR count). The summed E-state index contributed by atoms with van der Waals surface area (Å²) in [7, 11) is 0. The number of nitrogens with zero attached hydrogens (tertiary/aromatic N) is 1. The van der Waals surface area contributed by atoms with Crippen LogP contribution < -0.4 is 5.32 Å². The zero-order valence-electron chi connectivity index (χ0n) is 20.1. The molecule has 1 unspecified atom stereocenters. The molecule has 36 heavy (non-hydrogen) atoms. The second-order valence-electron chi connectivity index (χ2n) is 9.61. The predicted octanol–water partition coefficient (Wildman–Crippen LogP) is 7.28. The normalized spacial score (nSPS) is 17.2. The van der Waals surface area contributed by atoms with Crippen LogP contribution in [0.25, 0.3) is 28.1 Å². The van der Waals surface area contributed by atoms with Crippen molar-refractivity contribution < 1.29 is 13.6 Å². The first-order valence-electron chi connectivity index (χ1n) is 12.2. The number of rotatable bonds is 7. The van der Waals surface area contributed by atoms with E-state index in [1.165, 1.54) is 0 Å². The molecule has 1 amide bonds. The fourth-order valence-electron chi connectivity index (χ4n) is 5.04. The zero-order chi connectivity index (χ0) is 25.3. The average Bonchev–Trinajstić information content (AvgIpc) is 3.33. The molecule has 3 N–H and O–H groups in total. The maximum Gasteiger partial charge on any atom is 0.251 e. The van der Waals surface area contributed by atoms with Gasteiger partial charge >= 0.3 is 0 Å². The molecule has 1 aromatic heterocycles. The summed E-state index contributed by atoms with van der Waals surface area (Å²) in [6.45, 7) is 0.933. The van der Waals surface area contributed by atoms with E-state index in [0.29, 0.717) is 42.7 Å². The Balaban J connectivity index is 1.45. The van der Waals surface area contributed by atoms with Crippen molar-refractivity contribution in [3.05, 3.63) is 77.5 Å². The fraction of sp³-hybridized carbons (Fsp3) is 0.276. The van der Waals surface area contributed by atoms with E-state index in [1.54, 1.807) is 12.3 Å². The molecule has 184 valence electrons. The largest absolute Gasteiger partial charge is 0.322 e. The Hall–Kier alpha value is -3.87. The summed E-state index contributed by atoms with van der Waals surface area (Å²) in [5, 5.41) is 19.3. The van der Waals surface area contributed by atoms with Crippen molar-refractivity contribution in [1.82, 2.24) is 10.2 Å². The highest BCUT2D eigenvalue weighted by Crippen LogP contribution is 2.36. The van der Waals surface area contributed by atoms with Crippen molar-refractivity contribution in [2.45, 2.75) is 45.0 Å². The van der Waals surface area contributed by atoms with Gasteiger partial charge in [0.15, 0.2) is 0 Å². The molecule has 0 fully saturated rings. The van der Waals surface area contributed by atoms with E-state index in [2.05, 4.69) is 15.5 Å². The lowest BCUT2D eigenvalue weighted by molar-refractivity contribution is -0.113. The Kier molecular flexibility index (Phi) is 6.39. The number of hydrogen-bond acceptors (Lipinski definition) is 3. The molecule has 2 aliphatic rings. The predicted molar refractivity (Wildman–Crippen MR) is 140 cm³/mol. The molecule has 2 aliphatic carbocycles. The van der Waals surface area contributed by atoms with E-state index in [9.17, 15) is 13.6 Å². The van der Waals surface area contributed by atoms with Gasteiger partial charge in [-0.3, -0.25) is 9.89 Å². The summed E-state index contributed by atoms with van der Waals surface area (Å²) in [5.74, 6) is -3.03. The van der Waals surface area contributed by atoms with E-state index >= 15 is 0 Å². The molecule has 0 saturated carbocycles. The molecule has 1 atom stereocenters. The van der Waals surface area contributed by atoms with Crippen LogP contribution in [-0.2, 0) is 4.79 Å². The Bertz CT molecular complexity index is 1420. The van der Waals surface area contributed by atoms with Crippen molar-refractivity contribution in [2.24, 2.45) is 5.92 Å². The lowest BCUT2D eigenvalue weighted by atomic mass is 9.86. The van der Waals surface area contributed by atoms with Gasteiger partial charge in [0.1, 0.15) is 0 Å². The topological polar surface area (TPSA) is 81.6 Å². The number of hydrogen-bond donors (Lipinski definition) is 3. The highest BCUT2D eigenvalue weighted by atomic mass is 19.3. The Labute approximate surface area is 208 Å². The molecule has 1 heterocycles. The summed E-state index contributed by atoms with van der Waals surface area (Å²) in [6.07, 6.45) is 13.3. The van der Waals surface area contributed by atoms with Crippen LogP contribution in [0.5, 0.6) is 0 Å². The number of amides is 1. The lowest BCUT2D eigenvalue weighted by Gasteiger charge is -2.22. The Morgan fingerprint density at radius 3 is 2.92 bits per heavy atom. The summed E-state index contributed by atoms with van der Waals surface area (Å²) < 4.78 is 26.6. The second-order valence-corrected chi connectivity index (χ2v) is 9.61. The molecule has 0 saturated heterocycles. The second kappa shape index (κ2) is 9.64. The van der Waals surface area contributed by atoms with Crippen molar-refractivity contribution in [3.63, 3.8) is 0 Å². The molecule has 0 spiro atoms. The van der Waals surface area contributed by atoms with E-state index in [0.717, 1.165) is 40.1 Å². The number of aromatic nitrogens is 2. The maximum atomic E-state index is 13.4. The van der Waals surface area contributed by atoms with E-state index < -0.39 is 5.92 Å². The Morgan fingerprint density at radius 1 is 1.25 bits per heavy atom. The van der Waals surface area contributed by atoms with Crippen LogP contribution in [0.4, 0.5) is 14.5 Å². The van der Waals surface area contributed by atoms with Crippen LogP contribution in [0.3, 0.4) is 0 Å². The SMILES string of the molecule is CC(F)(F)CCCC1CC=CC=C1C(=O)Nc1cc(-c2cccc3c2C=CCC3=N)cc2[nH]ncc12. The third-order valence-corrected chi connectivity index (χ3v) is 6.86. The third-order valence-electron chi connectivity index (χ3n) is 6.86. The minimum Gasteiger partial charge on any atom is -0.322 e. The fourth-order valence-corrected chi connectivity index (χ4v) is 5.04. The number of carbonyl (C=O) groups is 1. The zero-order valence-corrected chi connectivity index (χ0v) is 20.1. The summed E-state index contributed by atoms with van der Waals surface area (Å²) >= 11 is 0. The molecule has 2 aromatic carbocycles. The maximum absolute atomic E-state index is 13.4. The number of aromatic amines is 1. The smallest absolute Gasteiger partial charge is 0.251 e. The van der Waals surface area contributed by atoms with Gasteiger partial charge in [-0.1, -0.05) is 48.6 Å². The number of halogens is 2. The minimum absolute atomic E-state index is 0.0994. The number of H-pyrrole nitrogens is 1. The van der Waals surface area contributed by atoms with Gasteiger partial charge in [-0.25, -0.2) is 8.78 Å². The minimum atomic E-state index is -2.70. The first-order valence-corrected chi connectivity index (χ1v) is 12.2. The summed E-state index contributed by atoms with van der Waals surface area (Å²) in [5.41, 5.74) is 6.36. The van der Waals surface area contributed by atoms with Crippen LogP contribution in [0.1, 0.15) is 50.2 Å². The molecule has 7 heteroatoms. The molecular formula is C29H28F2N4O. The van der Waals surface area contributed by atoms with E-state index in [4.69, 9.17) is 5.41 Å². The number of fused-ring (bicyclic) bond motifs is 2. The standard InChI is InChI=1S/C29H28F2N4O/c1-29(30,31)14-6-8-18-7-2-3-9-21(18)28(36)34-26-15-19(16-27-24(26)17-33-35-27)20-10-4-12-23-22(20)11-5-13-25(23)32/h2-5,9-12,15-18,32H,6-8,13-14H2,1H3,(H,33,35)(H,34,36). The number of anilines is 1. The number of nitrogens with one attached hydrogen (secondary N) is 3. The van der Waals surface area contributed by atoms with Crippen molar-refractivity contribution >= 4 is 34.3 Å². The molecular weight excluding hydrogens is 458 g/mol. The molecule has 3 aromatic rings. The number of benzene rings is 2. The first-order chi connectivity index (χ1) is 17.3. The van der Waals surface area contributed by atoms with Gasteiger partial charge in [0.25, 0.3) is 5.91 Å². The van der Waals surface area contributed by atoms with Crippen LogP contribution in [0.2, 0.25) is 0 Å². The highest BCUT2D eigenvalue weighted by Gasteiger charge is 2.26. The van der Waals surface area contributed by atoms with Crippen LogP contribution >= 0.6 is 0 Å². The van der Waals surface area contributed by atoms with Gasteiger partial charge in [0, 0.05) is 35.1 Å². The van der Waals surface area contributed by atoms with E-state index in [-0.39, 0.29) is 18.2 Å². The van der Waals surface area contributed by atoms with Gasteiger partial charge in [-0.05, 0) is 60.9 Å². The molecule has 0 radical (unpaired) electrons. The number of carbonyl (C=O) groups excluding carboxylic acids is 1. The van der Waals surface area contributed by atoms with Crippen LogP contribution in [0.15, 0.2) is 66.4 Å². The van der Waals surface area contributed by atoms with E-state index in [1.807, 2.05) is 54.6 Å². The molecule has 5 nitrogen and oxygen atoms in total. The van der Waals surface area contributed by atoms with Crippen molar-refractivity contribution in [3.8, 4) is 11.1 Å². The van der Waals surface area contributed by atoms with Crippen LogP contribution in [0, 0.1) is 11.3 Å². The van der Waals surface area contributed by atoms with Crippen LogP contribution in [-0.4, -0.2) is 27.7 Å². The van der Waals surface area contributed by atoms with Gasteiger partial charge in [0.2, 0.25) is 5.92 Å². The highest BCUT2D eigenvalue weighted by molar-refractivity contribution is 6.11. The van der Waals surface area contributed by atoms with Gasteiger partial charge < -0.3 is 10.7 Å². The summed E-state index contributed by atoms with van der Waals surface area (Å²) in [4.78, 5) is 13.4. The van der Waals surface area contributed by atoms with Gasteiger partial charge in [-0.2, -0.15) is 5.10 Å². The molecule has 0 bridgehead atoms.